The van der Waals surface area contributed by atoms with Gasteiger partial charge in [0.2, 0.25) is 0 Å². The molecule has 178 valence electrons. The van der Waals surface area contributed by atoms with E-state index in [0.717, 1.165) is 0 Å². The van der Waals surface area contributed by atoms with Crippen molar-refractivity contribution in [1.82, 2.24) is 9.88 Å². The molecule has 0 aliphatic carbocycles. The highest BCUT2D eigenvalue weighted by Crippen LogP contribution is 2.40. The van der Waals surface area contributed by atoms with Crippen LogP contribution >= 0.6 is 23.2 Å². The molecule has 9 heteroatoms. The molecule has 7 nitrogen and oxygen atoms in total. The van der Waals surface area contributed by atoms with E-state index in [1.165, 1.54) is 29.3 Å². The van der Waals surface area contributed by atoms with E-state index < -0.39 is 23.7 Å². The molecule has 1 unspecified atom stereocenters. The fourth-order valence-electron chi connectivity index (χ4n) is 3.88. The fourth-order valence-corrected chi connectivity index (χ4v) is 4.18. The minimum Gasteiger partial charge on any atom is -0.507 e. The van der Waals surface area contributed by atoms with Gasteiger partial charge in [0.1, 0.15) is 5.76 Å². The molecule has 2 heterocycles. The van der Waals surface area contributed by atoms with E-state index in [-0.39, 0.29) is 35.1 Å². The minimum absolute atomic E-state index is 0.0609. The molecule has 4 rings (SSSR count). The number of esters is 1. The molecule has 3 aromatic rings. The number of hydrogen-bond donors (Lipinski definition) is 1. The molecule has 1 atom stereocenters. The molecule has 35 heavy (non-hydrogen) atoms. The number of ether oxygens (including phenoxy) is 1. The Bertz CT molecular complexity index is 1320. The number of halogens is 2. The number of nitrogens with zero attached hydrogens (tertiary/aromatic N) is 2. The van der Waals surface area contributed by atoms with Crippen LogP contribution in [0.2, 0.25) is 10.0 Å². The van der Waals surface area contributed by atoms with Gasteiger partial charge >= 0.3 is 5.97 Å². The first-order chi connectivity index (χ1) is 16.8. The summed E-state index contributed by atoms with van der Waals surface area (Å²) in [7, 11) is 0. The third kappa shape index (κ3) is 4.92. The topological polar surface area (TPSA) is 96.8 Å². The second-order valence-electron chi connectivity index (χ2n) is 7.76. The fraction of sp³-hybridized carbons (Fsp3) is 0.154. The molecule has 1 aliphatic heterocycles. The van der Waals surface area contributed by atoms with Crippen molar-refractivity contribution in [1.29, 1.82) is 0 Å². The highest BCUT2D eigenvalue weighted by atomic mass is 35.5. The number of ketones is 1. The van der Waals surface area contributed by atoms with Crippen molar-refractivity contribution >= 4 is 46.6 Å². The van der Waals surface area contributed by atoms with Gasteiger partial charge in [-0.05, 0) is 54.4 Å². The average molecular weight is 511 g/mol. The Balaban J connectivity index is 1.76. The normalized spacial score (nSPS) is 17.0. The van der Waals surface area contributed by atoms with Gasteiger partial charge in [0.15, 0.2) is 0 Å². The van der Waals surface area contributed by atoms with Gasteiger partial charge in [-0.15, -0.1) is 0 Å². The standard InChI is InChI=1S/C26H20Cl2N2O5/c1-2-35-26(34)16-7-5-15(6-8-16)14-30-22(18-4-3-11-29-13-18)21(24(32)25(30)33)23(31)17-9-10-19(27)20(28)12-17/h3-13,22,31H,2,14H2,1H3/b23-21-. The SMILES string of the molecule is CCOC(=O)c1ccc(CN2C(=O)C(=O)/C(=C(\O)c3ccc(Cl)c(Cl)c3)C2c2cccnc2)cc1. The Morgan fingerprint density at radius 1 is 1.06 bits per heavy atom. The van der Waals surface area contributed by atoms with E-state index in [9.17, 15) is 19.5 Å². The third-order valence-corrected chi connectivity index (χ3v) is 6.29. The van der Waals surface area contributed by atoms with Crippen molar-refractivity contribution in [2.45, 2.75) is 19.5 Å². The molecule has 1 saturated heterocycles. The Kier molecular flexibility index (Phi) is 7.19. The summed E-state index contributed by atoms with van der Waals surface area (Å²) >= 11 is 12.1. The molecule has 2 aromatic carbocycles. The molecule has 1 aromatic heterocycles. The zero-order valence-corrected chi connectivity index (χ0v) is 20.1. The van der Waals surface area contributed by atoms with Crippen molar-refractivity contribution in [2.75, 3.05) is 6.61 Å². The number of rotatable bonds is 6. The third-order valence-electron chi connectivity index (χ3n) is 5.55. The van der Waals surface area contributed by atoms with Gasteiger partial charge in [-0.25, -0.2) is 4.79 Å². The van der Waals surface area contributed by atoms with Crippen LogP contribution in [-0.4, -0.2) is 39.3 Å². The van der Waals surface area contributed by atoms with E-state index in [0.29, 0.717) is 21.7 Å². The van der Waals surface area contributed by atoms with Crippen LogP contribution < -0.4 is 0 Å². The van der Waals surface area contributed by atoms with Gasteiger partial charge in [-0.1, -0.05) is 41.4 Å². The summed E-state index contributed by atoms with van der Waals surface area (Å²) in [6.45, 7) is 2.04. The van der Waals surface area contributed by atoms with E-state index in [1.807, 2.05) is 0 Å². The summed E-state index contributed by atoms with van der Waals surface area (Å²) < 4.78 is 5.00. The van der Waals surface area contributed by atoms with Gasteiger partial charge in [-0.2, -0.15) is 0 Å². The molecule has 0 bridgehead atoms. The first-order valence-electron chi connectivity index (χ1n) is 10.7. The largest absolute Gasteiger partial charge is 0.507 e. The summed E-state index contributed by atoms with van der Waals surface area (Å²) in [6.07, 6.45) is 3.11. The number of likely N-dealkylation sites (tertiary alicyclic amines) is 1. The molecule has 1 amide bonds. The smallest absolute Gasteiger partial charge is 0.338 e. The molecule has 0 radical (unpaired) electrons. The number of carbonyl (C=O) groups excluding carboxylic acids is 3. The van der Waals surface area contributed by atoms with E-state index >= 15 is 0 Å². The van der Waals surface area contributed by atoms with Crippen LogP contribution in [0.25, 0.3) is 5.76 Å². The Morgan fingerprint density at radius 3 is 2.40 bits per heavy atom. The van der Waals surface area contributed by atoms with E-state index in [4.69, 9.17) is 27.9 Å². The van der Waals surface area contributed by atoms with Crippen LogP contribution in [0.3, 0.4) is 0 Å². The average Bonchev–Trinajstić information content (AvgIpc) is 3.11. The lowest BCUT2D eigenvalue weighted by Crippen LogP contribution is -2.29. The van der Waals surface area contributed by atoms with Gasteiger partial charge < -0.3 is 14.7 Å². The lowest BCUT2D eigenvalue weighted by molar-refractivity contribution is -0.140. The van der Waals surface area contributed by atoms with E-state index in [1.54, 1.807) is 49.5 Å². The van der Waals surface area contributed by atoms with Crippen molar-refractivity contribution in [2.24, 2.45) is 0 Å². The number of aliphatic hydroxyl groups excluding tert-OH is 1. The summed E-state index contributed by atoms with van der Waals surface area (Å²) in [5.74, 6) is -2.41. The van der Waals surface area contributed by atoms with Crippen LogP contribution in [0.4, 0.5) is 0 Å². The number of Topliss-reactive ketones (excluding diaryl/α,β-unsaturated/α-hetero) is 1. The molecule has 1 fully saturated rings. The second-order valence-corrected chi connectivity index (χ2v) is 8.57. The number of carbonyl (C=O) groups is 3. The van der Waals surface area contributed by atoms with Crippen LogP contribution in [-0.2, 0) is 20.9 Å². The minimum atomic E-state index is -0.886. The van der Waals surface area contributed by atoms with Crippen LogP contribution in [0.5, 0.6) is 0 Å². The number of aromatic nitrogens is 1. The maximum absolute atomic E-state index is 13.1. The molecule has 0 saturated carbocycles. The highest BCUT2D eigenvalue weighted by Gasteiger charge is 2.46. The monoisotopic (exact) mass is 510 g/mol. The number of benzene rings is 2. The summed E-state index contributed by atoms with van der Waals surface area (Å²) in [6, 6.07) is 13.5. The zero-order chi connectivity index (χ0) is 25.1. The van der Waals surface area contributed by atoms with Gasteiger partial charge in [0, 0.05) is 24.5 Å². The van der Waals surface area contributed by atoms with Crippen molar-refractivity contribution in [3.05, 3.63) is 105 Å². The molecule has 0 spiro atoms. The van der Waals surface area contributed by atoms with Crippen LogP contribution in [0.1, 0.15) is 40.0 Å². The Labute approximate surface area is 211 Å². The Morgan fingerprint density at radius 2 is 1.77 bits per heavy atom. The molecular formula is C26H20Cl2N2O5. The second kappa shape index (κ2) is 10.3. The van der Waals surface area contributed by atoms with Gasteiger partial charge in [0.25, 0.3) is 11.7 Å². The first kappa shape index (κ1) is 24.4. The molecular weight excluding hydrogens is 491 g/mol. The predicted molar refractivity (Wildman–Crippen MR) is 131 cm³/mol. The van der Waals surface area contributed by atoms with Gasteiger partial charge in [-0.3, -0.25) is 14.6 Å². The van der Waals surface area contributed by atoms with Crippen molar-refractivity contribution in [3.63, 3.8) is 0 Å². The maximum atomic E-state index is 13.1. The van der Waals surface area contributed by atoms with Crippen LogP contribution in [0.15, 0.2) is 72.6 Å². The number of amides is 1. The molecule has 1 aliphatic rings. The van der Waals surface area contributed by atoms with Gasteiger partial charge in [0.05, 0.1) is 33.8 Å². The maximum Gasteiger partial charge on any atom is 0.338 e. The highest BCUT2D eigenvalue weighted by molar-refractivity contribution is 6.46. The predicted octanol–water partition coefficient (Wildman–Crippen LogP) is 5.19. The lowest BCUT2D eigenvalue weighted by atomic mass is 9.96. The summed E-state index contributed by atoms with van der Waals surface area (Å²) in [5.41, 5.74) is 1.79. The summed E-state index contributed by atoms with van der Waals surface area (Å²) in [4.78, 5) is 43.7. The number of aliphatic hydroxyl groups is 1. The Hall–Kier alpha value is -3.68. The number of pyridine rings is 1. The van der Waals surface area contributed by atoms with Crippen molar-refractivity contribution < 1.29 is 24.2 Å². The van der Waals surface area contributed by atoms with E-state index in [2.05, 4.69) is 4.98 Å². The number of hydrogen-bond acceptors (Lipinski definition) is 6. The lowest BCUT2D eigenvalue weighted by Gasteiger charge is -2.25. The van der Waals surface area contributed by atoms with Crippen LogP contribution in [0, 0.1) is 0 Å². The summed E-state index contributed by atoms with van der Waals surface area (Å²) in [5, 5.41) is 11.6. The molecule has 1 N–H and O–H groups in total. The van der Waals surface area contributed by atoms with Crippen molar-refractivity contribution in [3.8, 4) is 0 Å². The zero-order valence-electron chi connectivity index (χ0n) is 18.6. The first-order valence-corrected chi connectivity index (χ1v) is 11.5. The quantitative estimate of drug-likeness (QED) is 0.212.